The molecule has 0 heteroatoms. The van der Waals surface area contributed by atoms with E-state index in [1.807, 2.05) is 18.2 Å². The maximum absolute atomic E-state index is 3.61. The molecule has 0 aliphatic rings. The first-order valence-electron chi connectivity index (χ1n) is 4.91. The molecule has 0 bridgehead atoms. The number of benzene rings is 1. The first kappa shape index (κ1) is 10.5. The Bertz CT molecular complexity index is 304. The third-order valence-electron chi connectivity index (χ3n) is 1.94. The van der Waals surface area contributed by atoms with E-state index in [-0.39, 0.29) is 0 Å². The molecule has 0 atom stereocenters. The zero-order valence-electron chi connectivity index (χ0n) is 8.39. The van der Waals surface area contributed by atoms with Crippen LogP contribution in [0.4, 0.5) is 0 Å². The molecule has 72 valence electrons. The molecule has 0 spiro atoms. The third-order valence-corrected chi connectivity index (χ3v) is 1.94. The summed E-state index contributed by atoms with van der Waals surface area (Å²) in [6.45, 7) is 3.61. The molecule has 0 fully saturated rings. The minimum Gasteiger partial charge on any atom is -0.0991 e. The van der Waals surface area contributed by atoms with E-state index in [4.69, 9.17) is 0 Å². The van der Waals surface area contributed by atoms with E-state index in [0.717, 1.165) is 12.8 Å². The highest BCUT2D eigenvalue weighted by atomic mass is 13.9. The lowest BCUT2D eigenvalue weighted by atomic mass is 10.1. The van der Waals surface area contributed by atoms with Crippen LogP contribution in [0, 0.1) is 0 Å². The average Bonchev–Trinajstić information content (AvgIpc) is 2.25. The molecule has 1 rings (SSSR count). The van der Waals surface area contributed by atoms with Crippen LogP contribution in [0.5, 0.6) is 0 Å². The van der Waals surface area contributed by atoms with Gasteiger partial charge < -0.3 is 0 Å². The molecule has 0 saturated carbocycles. The number of allylic oxidation sites excluding steroid dienone is 5. The van der Waals surface area contributed by atoms with Crippen molar-refractivity contribution < 1.29 is 0 Å². The first-order valence-corrected chi connectivity index (χ1v) is 4.91. The molecule has 0 heterocycles. The topological polar surface area (TPSA) is 0 Å². The van der Waals surface area contributed by atoms with E-state index in [9.17, 15) is 0 Å². The Labute approximate surface area is 86.3 Å². The molecule has 0 aliphatic heterocycles. The zero-order valence-corrected chi connectivity index (χ0v) is 8.39. The first-order chi connectivity index (χ1) is 6.93. The fraction of sp³-hybridized carbons (Fsp3) is 0.143. The molecular weight excluding hydrogens is 168 g/mol. The van der Waals surface area contributed by atoms with Crippen LogP contribution >= 0.6 is 0 Å². The molecule has 0 saturated heterocycles. The van der Waals surface area contributed by atoms with Crippen molar-refractivity contribution in [3.8, 4) is 0 Å². The third kappa shape index (κ3) is 4.46. The summed E-state index contributed by atoms with van der Waals surface area (Å²) in [5.74, 6) is 0. The largest absolute Gasteiger partial charge is 0.0991 e. The fourth-order valence-corrected chi connectivity index (χ4v) is 1.21. The van der Waals surface area contributed by atoms with Gasteiger partial charge in [-0.2, -0.15) is 0 Å². The summed E-state index contributed by atoms with van der Waals surface area (Å²) in [5, 5.41) is 0. The number of hydrogen-bond donors (Lipinski definition) is 0. The minimum atomic E-state index is 1.09. The van der Waals surface area contributed by atoms with Gasteiger partial charge in [0.25, 0.3) is 0 Å². The van der Waals surface area contributed by atoms with E-state index in [1.54, 1.807) is 6.08 Å². The van der Waals surface area contributed by atoms with E-state index >= 15 is 0 Å². The second-order valence-corrected chi connectivity index (χ2v) is 3.07. The van der Waals surface area contributed by atoms with Gasteiger partial charge in [0.05, 0.1) is 0 Å². The average molecular weight is 184 g/mol. The van der Waals surface area contributed by atoms with Gasteiger partial charge in [-0.05, 0) is 18.4 Å². The van der Waals surface area contributed by atoms with Crippen LogP contribution in [0.2, 0.25) is 0 Å². The summed E-state index contributed by atoms with van der Waals surface area (Å²) in [5.41, 5.74) is 1.39. The predicted molar refractivity (Wildman–Crippen MR) is 63.2 cm³/mol. The minimum absolute atomic E-state index is 1.09. The maximum atomic E-state index is 3.61. The lowest BCUT2D eigenvalue weighted by molar-refractivity contribution is 1.00. The van der Waals surface area contributed by atoms with Crippen LogP contribution in [0.1, 0.15) is 12.0 Å². The molecule has 1 aromatic rings. The van der Waals surface area contributed by atoms with Crippen LogP contribution in [-0.4, -0.2) is 0 Å². The van der Waals surface area contributed by atoms with Crippen molar-refractivity contribution in [3.63, 3.8) is 0 Å². The van der Waals surface area contributed by atoms with Gasteiger partial charge in [-0.1, -0.05) is 67.3 Å². The smallest absolute Gasteiger partial charge is 0.0244 e. The number of aryl methyl sites for hydroxylation is 1. The van der Waals surface area contributed by atoms with E-state index in [1.165, 1.54) is 5.56 Å². The lowest BCUT2D eigenvalue weighted by Crippen LogP contribution is -1.80. The highest BCUT2D eigenvalue weighted by Gasteiger charge is 1.86. The normalized spacial score (nSPS) is 11.1. The van der Waals surface area contributed by atoms with E-state index in [0.29, 0.717) is 0 Å². The lowest BCUT2D eigenvalue weighted by Gasteiger charge is -1.95. The standard InChI is InChI=1S/C14H16/c1-2-3-4-5-6-8-11-14-12-9-7-10-13-14/h2-7,9-10,12-13H,1,8,11H2/b4-3-,6-5-. The number of rotatable bonds is 5. The SMILES string of the molecule is C=C/C=C\C=C/CCc1ccccc1. The molecule has 1 aromatic carbocycles. The Morgan fingerprint density at radius 3 is 2.50 bits per heavy atom. The molecule has 14 heavy (non-hydrogen) atoms. The Balaban J connectivity index is 2.25. The monoisotopic (exact) mass is 184 g/mol. The van der Waals surface area contributed by atoms with Gasteiger partial charge in [-0.15, -0.1) is 0 Å². The summed E-state index contributed by atoms with van der Waals surface area (Å²) in [6, 6.07) is 10.5. The van der Waals surface area contributed by atoms with Gasteiger partial charge in [0.2, 0.25) is 0 Å². The van der Waals surface area contributed by atoms with Crippen molar-refractivity contribution in [2.45, 2.75) is 12.8 Å². The summed E-state index contributed by atoms with van der Waals surface area (Å²) in [6.07, 6.45) is 12.1. The van der Waals surface area contributed by atoms with Crippen LogP contribution < -0.4 is 0 Å². The summed E-state index contributed by atoms with van der Waals surface area (Å²) < 4.78 is 0. The van der Waals surface area contributed by atoms with Crippen molar-refractivity contribution >= 4 is 0 Å². The van der Waals surface area contributed by atoms with Gasteiger partial charge in [-0.25, -0.2) is 0 Å². The van der Waals surface area contributed by atoms with Gasteiger partial charge in [0, 0.05) is 0 Å². The van der Waals surface area contributed by atoms with Crippen LogP contribution in [-0.2, 0) is 6.42 Å². The van der Waals surface area contributed by atoms with Crippen molar-refractivity contribution in [2.24, 2.45) is 0 Å². The van der Waals surface area contributed by atoms with Crippen molar-refractivity contribution in [1.29, 1.82) is 0 Å². The Kier molecular flexibility index (Phi) is 5.19. The van der Waals surface area contributed by atoms with Crippen molar-refractivity contribution in [1.82, 2.24) is 0 Å². The second kappa shape index (κ2) is 6.90. The molecule has 0 aromatic heterocycles. The summed E-state index contributed by atoms with van der Waals surface area (Å²) in [7, 11) is 0. The van der Waals surface area contributed by atoms with E-state index < -0.39 is 0 Å². The highest BCUT2D eigenvalue weighted by molar-refractivity contribution is 5.16. The van der Waals surface area contributed by atoms with Gasteiger partial charge >= 0.3 is 0 Å². The fourth-order valence-electron chi connectivity index (χ4n) is 1.21. The molecule has 0 radical (unpaired) electrons. The maximum Gasteiger partial charge on any atom is -0.0244 e. The summed E-state index contributed by atoms with van der Waals surface area (Å²) in [4.78, 5) is 0. The Morgan fingerprint density at radius 2 is 1.79 bits per heavy atom. The van der Waals surface area contributed by atoms with Crippen LogP contribution in [0.15, 0.2) is 67.3 Å². The van der Waals surface area contributed by atoms with Crippen molar-refractivity contribution in [3.05, 3.63) is 72.9 Å². The Hall–Kier alpha value is -1.56. The highest BCUT2D eigenvalue weighted by Crippen LogP contribution is 2.02. The van der Waals surface area contributed by atoms with Crippen molar-refractivity contribution in [2.75, 3.05) is 0 Å². The molecule has 0 amide bonds. The van der Waals surface area contributed by atoms with Crippen LogP contribution in [0.25, 0.3) is 0 Å². The number of hydrogen-bond acceptors (Lipinski definition) is 0. The molecule has 0 aliphatic carbocycles. The summed E-state index contributed by atoms with van der Waals surface area (Å²) >= 11 is 0. The molecule has 0 nitrogen and oxygen atoms in total. The Morgan fingerprint density at radius 1 is 1.00 bits per heavy atom. The van der Waals surface area contributed by atoms with Gasteiger partial charge in [-0.3, -0.25) is 0 Å². The zero-order chi connectivity index (χ0) is 10.1. The molecule has 0 unspecified atom stereocenters. The molecule has 0 N–H and O–H groups in total. The second-order valence-electron chi connectivity index (χ2n) is 3.07. The molecular formula is C14H16. The predicted octanol–water partition coefficient (Wildman–Crippen LogP) is 3.92. The van der Waals surface area contributed by atoms with Gasteiger partial charge in [0.15, 0.2) is 0 Å². The van der Waals surface area contributed by atoms with Gasteiger partial charge in [0.1, 0.15) is 0 Å². The van der Waals surface area contributed by atoms with Crippen LogP contribution in [0.3, 0.4) is 0 Å². The van der Waals surface area contributed by atoms with E-state index in [2.05, 4.69) is 43.0 Å². The quantitative estimate of drug-likeness (QED) is 0.608.